The summed E-state index contributed by atoms with van der Waals surface area (Å²) in [4.78, 5) is 10.8. The quantitative estimate of drug-likeness (QED) is 0.216. The van der Waals surface area contributed by atoms with Crippen molar-refractivity contribution >= 4 is 5.97 Å². The molecule has 2 nitrogen and oxygen atoms in total. The number of carbonyl (C=O) groups is 1. The van der Waals surface area contributed by atoms with Gasteiger partial charge in [0.05, 0.1) is 6.61 Å². The number of alkyl halides is 4. The average molecular weight is 342 g/mol. The van der Waals surface area contributed by atoms with Crippen molar-refractivity contribution in [2.24, 2.45) is 0 Å². The van der Waals surface area contributed by atoms with Crippen LogP contribution < -0.4 is 0 Å². The Kier molecular flexibility index (Phi) is 13.1. The van der Waals surface area contributed by atoms with Crippen LogP contribution in [0.3, 0.4) is 0 Å². The fourth-order valence-corrected chi connectivity index (χ4v) is 2.32. The molecular weight excluding hydrogens is 312 g/mol. The minimum absolute atomic E-state index is 0.146. The summed E-state index contributed by atoms with van der Waals surface area (Å²) in [5.41, 5.74) is 0. The van der Waals surface area contributed by atoms with Crippen molar-refractivity contribution in [3.05, 3.63) is 0 Å². The summed E-state index contributed by atoms with van der Waals surface area (Å²) in [6.45, 7) is 2.06. The van der Waals surface area contributed by atoms with Crippen LogP contribution in [0.4, 0.5) is 17.6 Å². The highest BCUT2D eigenvalue weighted by Crippen LogP contribution is 2.23. The number of carbonyl (C=O) groups excluding carboxylic acids is 1. The number of esters is 1. The van der Waals surface area contributed by atoms with Gasteiger partial charge in [-0.25, -0.2) is 9.18 Å². The van der Waals surface area contributed by atoms with Crippen LogP contribution >= 0.6 is 0 Å². The molecule has 0 aliphatic rings. The Morgan fingerprint density at radius 1 is 0.826 bits per heavy atom. The van der Waals surface area contributed by atoms with Crippen LogP contribution in [-0.4, -0.2) is 24.9 Å². The summed E-state index contributed by atoms with van der Waals surface area (Å²) in [5.74, 6) is -1.83. The van der Waals surface area contributed by atoms with Gasteiger partial charge in [-0.15, -0.1) is 0 Å². The maximum Gasteiger partial charge on any atom is 0.430 e. The first-order valence-electron chi connectivity index (χ1n) is 8.77. The summed E-state index contributed by atoms with van der Waals surface area (Å²) in [5, 5.41) is 0. The molecule has 6 heteroatoms. The number of ether oxygens (including phenoxy) is 1. The molecule has 0 saturated carbocycles. The van der Waals surface area contributed by atoms with E-state index >= 15 is 0 Å². The third kappa shape index (κ3) is 13.3. The smallest absolute Gasteiger partial charge is 0.430 e. The average Bonchev–Trinajstić information content (AvgIpc) is 2.50. The second kappa shape index (κ2) is 13.6. The third-order valence-electron chi connectivity index (χ3n) is 3.74. The van der Waals surface area contributed by atoms with Gasteiger partial charge in [-0.1, -0.05) is 77.6 Å². The van der Waals surface area contributed by atoms with E-state index in [-0.39, 0.29) is 6.61 Å². The molecule has 0 rings (SSSR count). The summed E-state index contributed by atoms with van der Waals surface area (Å²) in [6.07, 6.45) is 4.75. The molecule has 0 N–H and O–H groups in total. The summed E-state index contributed by atoms with van der Waals surface area (Å²) in [6, 6.07) is 0. The monoisotopic (exact) mass is 342 g/mol. The highest BCUT2D eigenvalue weighted by molar-refractivity contribution is 5.75. The molecule has 0 radical (unpaired) electrons. The Balaban J connectivity index is 3.29. The first-order valence-corrected chi connectivity index (χ1v) is 8.77. The Morgan fingerprint density at radius 2 is 1.22 bits per heavy atom. The van der Waals surface area contributed by atoms with Gasteiger partial charge in [0, 0.05) is 0 Å². The topological polar surface area (TPSA) is 26.3 Å². The summed E-state index contributed by atoms with van der Waals surface area (Å²) < 4.78 is 52.5. The minimum Gasteiger partial charge on any atom is -0.463 e. The second-order valence-corrected chi connectivity index (χ2v) is 5.96. The van der Waals surface area contributed by atoms with Crippen LogP contribution in [0.5, 0.6) is 0 Å². The fraction of sp³-hybridized carbons (Fsp3) is 0.941. The molecule has 0 aromatic heterocycles. The number of unbranched alkanes of at least 4 members (excludes halogenated alkanes) is 11. The van der Waals surface area contributed by atoms with E-state index in [0.29, 0.717) is 6.42 Å². The molecule has 0 aromatic carbocycles. The predicted octanol–water partition coefficient (Wildman–Crippen LogP) is 6.13. The van der Waals surface area contributed by atoms with Crippen LogP contribution in [0.2, 0.25) is 0 Å². The molecule has 0 bridgehead atoms. The number of hydrogen-bond acceptors (Lipinski definition) is 2. The lowest BCUT2D eigenvalue weighted by Crippen LogP contribution is -2.34. The Morgan fingerprint density at radius 3 is 1.61 bits per heavy atom. The summed E-state index contributed by atoms with van der Waals surface area (Å²) >= 11 is 0. The molecule has 0 amide bonds. The van der Waals surface area contributed by atoms with E-state index in [1.165, 1.54) is 44.9 Å². The maximum absolute atomic E-state index is 12.5. The summed E-state index contributed by atoms with van der Waals surface area (Å²) in [7, 11) is 0. The van der Waals surface area contributed by atoms with E-state index in [0.717, 1.165) is 25.7 Å². The van der Waals surface area contributed by atoms with E-state index < -0.39 is 18.3 Å². The van der Waals surface area contributed by atoms with Gasteiger partial charge < -0.3 is 4.74 Å². The normalized spacial score (nSPS) is 13.1. The van der Waals surface area contributed by atoms with Gasteiger partial charge >= 0.3 is 12.1 Å². The first-order chi connectivity index (χ1) is 10.9. The van der Waals surface area contributed by atoms with Crippen molar-refractivity contribution in [3.8, 4) is 0 Å². The molecule has 0 aliphatic heterocycles. The first kappa shape index (κ1) is 22.2. The molecule has 1 unspecified atom stereocenters. The lowest BCUT2D eigenvalue weighted by molar-refractivity contribution is -0.201. The molecule has 0 fully saturated rings. The van der Waals surface area contributed by atoms with E-state index in [9.17, 15) is 22.4 Å². The van der Waals surface area contributed by atoms with Gasteiger partial charge in [-0.2, -0.15) is 13.2 Å². The van der Waals surface area contributed by atoms with Crippen molar-refractivity contribution < 1.29 is 27.1 Å². The maximum atomic E-state index is 12.5. The van der Waals surface area contributed by atoms with Gasteiger partial charge in [0.25, 0.3) is 6.17 Å². The zero-order valence-corrected chi connectivity index (χ0v) is 14.1. The van der Waals surface area contributed by atoms with E-state index in [1.54, 1.807) is 0 Å². The molecule has 23 heavy (non-hydrogen) atoms. The minimum atomic E-state index is -5.17. The zero-order chi connectivity index (χ0) is 17.6. The highest BCUT2D eigenvalue weighted by Gasteiger charge is 2.46. The Labute approximate surface area is 137 Å². The SMILES string of the molecule is CCCCCCCCCCCCCCOC(=O)C(F)C(F)(F)F. The van der Waals surface area contributed by atoms with Gasteiger partial charge in [0.1, 0.15) is 0 Å². The van der Waals surface area contributed by atoms with Gasteiger partial charge in [0.15, 0.2) is 0 Å². The molecule has 0 saturated heterocycles. The molecule has 0 spiro atoms. The molecule has 0 aliphatic carbocycles. The van der Waals surface area contributed by atoms with Crippen LogP contribution in [0.25, 0.3) is 0 Å². The Hall–Kier alpha value is -0.810. The van der Waals surface area contributed by atoms with Crippen molar-refractivity contribution in [1.82, 2.24) is 0 Å². The van der Waals surface area contributed by atoms with Crippen molar-refractivity contribution in [1.29, 1.82) is 0 Å². The number of rotatable bonds is 14. The lowest BCUT2D eigenvalue weighted by atomic mass is 10.1. The molecule has 138 valence electrons. The third-order valence-corrected chi connectivity index (χ3v) is 3.74. The van der Waals surface area contributed by atoms with Crippen LogP contribution in [0.15, 0.2) is 0 Å². The van der Waals surface area contributed by atoms with Gasteiger partial charge in [0.2, 0.25) is 0 Å². The highest BCUT2D eigenvalue weighted by atomic mass is 19.4. The van der Waals surface area contributed by atoms with Gasteiger partial charge in [-0.05, 0) is 6.42 Å². The van der Waals surface area contributed by atoms with Crippen LogP contribution in [-0.2, 0) is 9.53 Å². The number of hydrogen-bond donors (Lipinski definition) is 0. The molecular formula is C17H30F4O2. The largest absolute Gasteiger partial charge is 0.463 e. The van der Waals surface area contributed by atoms with Gasteiger partial charge in [-0.3, -0.25) is 0 Å². The standard InChI is InChI=1S/C17H30F4O2/c1-2-3-4-5-6-7-8-9-10-11-12-13-14-23-16(22)15(18)17(19,20)21/h15H,2-14H2,1H3. The fourth-order valence-electron chi connectivity index (χ4n) is 2.32. The van der Waals surface area contributed by atoms with E-state index in [1.807, 2.05) is 0 Å². The molecule has 1 atom stereocenters. The molecule has 0 aromatic rings. The zero-order valence-electron chi connectivity index (χ0n) is 14.1. The number of halogens is 4. The van der Waals surface area contributed by atoms with E-state index in [2.05, 4.69) is 11.7 Å². The van der Waals surface area contributed by atoms with Crippen LogP contribution in [0, 0.1) is 0 Å². The molecule has 0 heterocycles. The van der Waals surface area contributed by atoms with E-state index in [4.69, 9.17) is 0 Å². The van der Waals surface area contributed by atoms with Crippen molar-refractivity contribution in [2.45, 2.75) is 96.3 Å². The lowest BCUT2D eigenvalue weighted by Gasteiger charge is -2.11. The predicted molar refractivity (Wildman–Crippen MR) is 83.0 cm³/mol. The van der Waals surface area contributed by atoms with Crippen molar-refractivity contribution in [3.63, 3.8) is 0 Å². The van der Waals surface area contributed by atoms with Crippen molar-refractivity contribution in [2.75, 3.05) is 6.61 Å². The Bertz CT molecular complexity index is 293. The second-order valence-electron chi connectivity index (χ2n) is 5.96. The van der Waals surface area contributed by atoms with Crippen LogP contribution in [0.1, 0.15) is 84.0 Å².